The molecule has 0 aromatic carbocycles. The van der Waals surface area contributed by atoms with Crippen LogP contribution in [-0.4, -0.2) is 37.8 Å². The van der Waals surface area contributed by atoms with Gasteiger partial charge in [0.1, 0.15) is 0 Å². The number of fused-ring (bicyclic) bond motifs is 1. The smallest absolute Gasteiger partial charge is 0.255 e. The van der Waals surface area contributed by atoms with Crippen molar-refractivity contribution in [1.82, 2.24) is 19.9 Å². The van der Waals surface area contributed by atoms with Crippen molar-refractivity contribution in [3.8, 4) is 0 Å². The molecule has 0 atom stereocenters. The van der Waals surface area contributed by atoms with Crippen LogP contribution in [0.5, 0.6) is 0 Å². The van der Waals surface area contributed by atoms with Crippen molar-refractivity contribution >= 4 is 34.6 Å². The third kappa shape index (κ3) is 2.42. The maximum absolute atomic E-state index is 12.1. The Bertz CT molecular complexity index is 565. The summed E-state index contributed by atoms with van der Waals surface area (Å²) in [5.41, 5.74) is 0.447. The molecule has 2 rings (SSSR count). The number of alkyl halides is 2. The highest BCUT2D eigenvalue weighted by molar-refractivity contribution is 6.22. The average Bonchev–Trinajstić information content (AvgIpc) is 2.82. The van der Waals surface area contributed by atoms with E-state index in [9.17, 15) is 4.79 Å². The van der Waals surface area contributed by atoms with Crippen LogP contribution in [-0.2, 0) is 0 Å². The van der Waals surface area contributed by atoms with Crippen LogP contribution >= 0.6 is 23.2 Å². The van der Waals surface area contributed by atoms with E-state index >= 15 is 0 Å². The van der Waals surface area contributed by atoms with Gasteiger partial charge in [-0.25, -0.2) is 4.52 Å². The van der Waals surface area contributed by atoms with Crippen molar-refractivity contribution in [2.75, 3.05) is 11.8 Å². The van der Waals surface area contributed by atoms with Gasteiger partial charge in [0, 0.05) is 24.2 Å². The van der Waals surface area contributed by atoms with Crippen LogP contribution in [0.2, 0.25) is 0 Å². The molecule has 0 unspecified atom stereocenters. The summed E-state index contributed by atoms with van der Waals surface area (Å²) >= 11 is 11.6. The zero-order chi connectivity index (χ0) is 13.2. The molecule has 96 valence electrons. The largest absolute Gasteiger partial charge is 0.344 e. The Morgan fingerprint density at radius 3 is 2.83 bits per heavy atom. The Morgan fingerprint density at radius 2 is 2.17 bits per heavy atom. The summed E-state index contributed by atoms with van der Waals surface area (Å²) in [6, 6.07) is 0. The highest BCUT2D eigenvalue weighted by atomic mass is 35.5. The van der Waals surface area contributed by atoms with Crippen LogP contribution in [0.1, 0.15) is 17.3 Å². The summed E-state index contributed by atoms with van der Waals surface area (Å²) in [4.78, 5) is 16.1. The number of halogens is 2. The molecular formula is C11H12Cl2N4O. The number of aromatic nitrogens is 3. The molecule has 0 radical (unpaired) electrons. The SMILES string of the molecule is CC(CCl)(CCl)NC(=O)c1cnn2ccncc12. The summed E-state index contributed by atoms with van der Waals surface area (Å²) in [7, 11) is 0. The highest BCUT2D eigenvalue weighted by Gasteiger charge is 2.26. The number of hydrogen-bond donors (Lipinski definition) is 1. The molecule has 7 heteroatoms. The summed E-state index contributed by atoms with van der Waals surface area (Å²) in [5, 5.41) is 6.87. The van der Waals surface area contributed by atoms with Crippen molar-refractivity contribution in [3.63, 3.8) is 0 Å². The van der Waals surface area contributed by atoms with Crippen LogP contribution in [0.25, 0.3) is 5.52 Å². The molecule has 1 amide bonds. The molecule has 0 spiro atoms. The minimum Gasteiger partial charge on any atom is -0.344 e. The summed E-state index contributed by atoms with van der Waals surface area (Å²) in [5.74, 6) is 0.209. The normalized spacial score (nSPS) is 11.7. The van der Waals surface area contributed by atoms with Crippen LogP contribution in [0, 0.1) is 0 Å². The second-order valence-corrected chi connectivity index (χ2v) is 4.78. The van der Waals surface area contributed by atoms with Gasteiger partial charge >= 0.3 is 0 Å². The molecule has 0 aliphatic heterocycles. The second kappa shape index (κ2) is 5.12. The molecule has 0 fully saturated rings. The lowest BCUT2D eigenvalue weighted by Crippen LogP contribution is -2.49. The van der Waals surface area contributed by atoms with Crippen molar-refractivity contribution in [3.05, 3.63) is 30.4 Å². The van der Waals surface area contributed by atoms with Gasteiger partial charge in [0.15, 0.2) is 0 Å². The van der Waals surface area contributed by atoms with E-state index in [1.807, 2.05) is 0 Å². The molecule has 0 saturated carbocycles. The molecule has 1 N–H and O–H groups in total. The first-order valence-corrected chi connectivity index (χ1v) is 6.38. The lowest BCUT2D eigenvalue weighted by molar-refractivity contribution is 0.0923. The van der Waals surface area contributed by atoms with Crippen LogP contribution in [0.3, 0.4) is 0 Å². The van der Waals surface area contributed by atoms with Crippen molar-refractivity contribution < 1.29 is 4.79 Å². The first-order valence-electron chi connectivity index (χ1n) is 5.31. The van der Waals surface area contributed by atoms with Crippen molar-refractivity contribution in [2.24, 2.45) is 0 Å². The van der Waals surface area contributed by atoms with Gasteiger partial charge in [-0.05, 0) is 6.92 Å². The molecule has 0 aliphatic carbocycles. The molecular weight excluding hydrogens is 275 g/mol. The first kappa shape index (κ1) is 13.1. The quantitative estimate of drug-likeness (QED) is 0.871. The molecule has 0 aliphatic rings. The molecule has 2 aromatic heterocycles. The monoisotopic (exact) mass is 286 g/mol. The maximum atomic E-state index is 12.1. The van der Waals surface area contributed by atoms with Gasteiger partial charge in [0.25, 0.3) is 5.91 Å². The standard InChI is InChI=1S/C11H12Cl2N4O/c1-11(6-12,7-13)16-10(18)8-4-15-17-3-2-14-5-9(8)17/h2-5H,6-7H2,1H3,(H,16,18). The molecule has 2 aromatic rings. The fourth-order valence-electron chi connectivity index (χ4n) is 1.45. The number of nitrogens with zero attached hydrogens (tertiary/aromatic N) is 3. The number of hydrogen-bond acceptors (Lipinski definition) is 3. The fourth-order valence-corrected chi connectivity index (χ4v) is 1.87. The summed E-state index contributed by atoms with van der Waals surface area (Å²) in [6.07, 6.45) is 6.35. The van der Waals surface area contributed by atoms with Crippen LogP contribution in [0.15, 0.2) is 24.8 Å². The summed E-state index contributed by atoms with van der Waals surface area (Å²) in [6.45, 7) is 1.79. The minimum absolute atomic E-state index is 0.236. The highest BCUT2D eigenvalue weighted by Crippen LogP contribution is 2.13. The number of rotatable bonds is 4. The van der Waals surface area contributed by atoms with Gasteiger partial charge in [-0.3, -0.25) is 9.78 Å². The zero-order valence-electron chi connectivity index (χ0n) is 9.73. The van der Waals surface area contributed by atoms with Gasteiger partial charge in [0.05, 0.1) is 29.0 Å². The number of carbonyl (C=O) groups excluding carboxylic acids is 1. The van der Waals surface area contributed by atoms with Gasteiger partial charge in [-0.15, -0.1) is 23.2 Å². The minimum atomic E-state index is -0.642. The lowest BCUT2D eigenvalue weighted by Gasteiger charge is -2.25. The predicted molar refractivity (Wildman–Crippen MR) is 70.3 cm³/mol. The van der Waals surface area contributed by atoms with E-state index in [0.717, 1.165) is 0 Å². The van der Waals surface area contributed by atoms with E-state index in [1.165, 1.54) is 6.20 Å². The van der Waals surface area contributed by atoms with E-state index in [-0.39, 0.29) is 17.7 Å². The Hall–Kier alpha value is -1.33. The topological polar surface area (TPSA) is 59.3 Å². The van der Waals surface area contributed by atoms with E-state index < -0.39 is 5.54 Å². The number of nitrogens with one attached hydrogen (secondary N) is 1. The first-order chi connectivity index (χ1) is 8.59. The van der Waals surface area contributed by atoms with E-state index in [4.69, 9.17) is 23.2 Å². The van der Waals surface area contributed by atoms with E-state index in [2.05, 4.69) is 15.4 Å². The third-order valence-electron chi connectivity index (χ3n) is 2.57. The molecule has 5 nitrogen and oxygen atoms in total. The average molecular weight is 287 g/mol. The second-order valence-electron chi connectivity index (χ2n) is 4.25. The summed E-state index contributed by atoms with van der Waals surface area (Å²) < 4.78 is 1.58. The van der Waals surface area contributed by atoms with Gasteiger partial charge in [-0.1, -0.05) is 0 Å². The lowest BCUT2D eigenvalue weighted by atomic mass is 10.1. The third-order valence-corrected chi connectivity index (χ3v) is 3.75. The zero-order valence-corrected chi connectivity index (χ0v) is 11.2. The van der Waals surface area contributed by atoms with Crippen LogP contribution < -0.4 is 5.32 Å². The molecule has 0 bridgehead atoms. The number of carbonyl (C=O) groups is 1. The van der Waals surface area contributed by atoms with Gasteiger partial charge in [-0.2, -0.15) is 5.10 Å². The Morgan fingerprint density at radius 1 is 1.44 bits per heavy atom. The van der Waals surface area contributed by atoms with Gasteiger partial charge in [0.2, 0.25) is 0 Å². The van der Waals surface area contributed by atoms with E-state index in [1.54, 1.807) is 30.0 Å². The predicted octanol–water partition coefficient (Wildman–Crippen LogP) is 1.70. The molecule has 2 heterocycles. The molecule has 0 saturated heterocycles. The Balaban J connectivity index is 2.29. The van der Waals surface area contributed by atoms with Gasteiger partial charge < -0.3 is 5.32 Å². The Labute approximate surface area is 114 Å². The fraction of sp³-hybridized carbons (Fsp3) is 0.364. The maximum Gasteiger partial charge on any atom is 0.255 e. The number of amides is 1. The van der Waals surface area contributed by atoms with Crippen molar-refractivity contribution in [2.45, 2.75) is 12.5 Å². The van der Waals surface area contributed by atoms with E-state index in [0.29, 0.717) is 11.1 Å². The van der Waals surface area contributed by atoms with Crippen molar-refractivity contribution in [1.29, 1.82) is 0 Å². The molecule has 18 heavy (non-hydrogen) atoms. The Kier molecular flexibility index (Phi) is 3.73. The van der Waals surface area contributed by atoms with Crippen LogP contribution in [0.4, 0.5) is 0 Å².